The highest BCUT2D eigenvalue weighted by atomic mass is 16.1. The van der Waals surface area contributed by atoms with E-state index in [1.165, 1.54) is 22.3 Å². The first kappa shape index (κ1) is 14.6. The van der Waals surface area contributed by atoms with Gasteiger partial charge in [0.2, 0.25) is 0 Å². The molecule has 0 amide bonds. The Kier molecular flexibility index (Phi) is 3.29. The summed E-state index contributed by atoms with van der Waals surface area (Å²) in [5.41, 5.74) is 5.81. The molecule has 2 heteroatoms. The van der Waals surface area contributed by atoms with Gasteiger partial charge in [-0.3, -0.25) is 9.59 Å². The molecular weight excluding hydrogens is 296 g/mol. The largest absolute Gasteiger partial charge is 0.299 e. The molecule has 0 aromatic heterocycles. The summed E-state index contributed by atoms with van der Waals surface area (Å²) in [5, 5.41) is 0. The van der Waals surface area contributed by atoms with Gasteiger partial charge < -0.3 is 0 Å². The average Bonchev–Trinajstić information content (AvgIpc) is 2.64. The van der Waals surface area contributed by atoms with Crippen LogP contribution in [0.4, 0.5) is 0 Å². The number of carbonyl (C=O) groups is 2. The first-order valence-electron chi connectivity index (χ1n) is 9.49. The van der Waals surface area contributed by atoms with Crippen molar-refractivity contribution >= 4 is 11.6 Å². The molecule has 124 valence electrons. The Bertz CT molecular complexity index is 626. The number of carbonyl (C=O) groups excluding carboxylic acids is 2. The zero-order valence-corrected chi connectivity index (χ0v) is 14.1. The molecule has 0 spiro atoms. The van der Waals surface area contributed by atoms with E-state index in [-0.39, 0.29) is 23.7 Å². The smallest absolute Gasteiger partial charge is 0.141 e. The van der Waals surface area contributed by atoms with Gasteiger partial charge in [0.05, 0.1) is 0 Å². The Balaban J connectivity index is 1.47. The van der Waals surface area contributed by atoms with Crippen LogP contribution < -0.4 is 0 Å². The highest BCUT2D eigenvalue weighted by Gasteiger charge is 2.52. The van der Waals surface area contributed by atoms with E-state index in [1.807, 2.05) is 0 Å². The molecule has 0 N–H and O–H groups in total. The number of rotatable bonds is 0. The summed E-state index contributed by atoms with van der Waals surface area (Å²) in [6.07, 6.45) is 16.3. The van der Waals surface area contributed by atoms with Crippen LogP contribution in [0.1, 0.15) is 51.4 Å². The van der Waals surface area contributed by atoms with E-state index in [0.29, 0.717) is 11.6 Å². The molecule has 5 aliphatic rings. The molecule has 1 saturated carbocycles. The molecule has 5 rings (SSSR count). The standard InChI is InChI=1S/C22H24O2/c23-21-17-9-13-5-1-2-6-14(13)10-18(17)22(24)20-12-16-8-4-3-7-15(16)11-19(20)21/h1-4,17-20H,5-12H2. The molecular formula is C22H24O2. The molecule has 1 fully saturated rings. The van der Waals surface area contributed by atoms with Gasteiger partial charge in [-0.25, -0.2) is 0 Å². The second-order valence-electron chi connectivity index (χ2n) is 8.22. The van der Waals surface area contributed by atoms with Crippen molar-refractivity contribution in [3.05, 3.63) is 46.6 Å². The van der Waals surface area contributed by atoms with Crippen LogP contribution in [0.25, 0.3) is 0 Å². The molecule has 5 aliphatic carbocycles. The zero-order chi connectivity index (χ0) is 16.3. The van der Waals surface area contributed by atoms with Crippen molar-refractivity contribution in [3.8, 4) is 0 Å². The summed E-state index contributed by atoms with van der Waals surface area (Å²) in [6, 6.07) is 0. The van der Waals surface area contributed by atoms with Crippen LogP contribution in [0.3, 0.4) is 0 Å². The van der Waals surface area contributed by atoms with Crippen LogP contribution in [0.2, 0.25) is 0 Å². The number of ketones is 2. The van der Waals surface area contributed by atoms with E-state index < -0.39 is 0 Å². The second-order valence-corrected chi connectivity index (χ2v) is 8.22. The van der Waals surface area contributed by atoms with Gasteiger partial charge in [0.25, 0.3) is 0 Å². The first-order chi connectivity index (χ1) is 11.7. The summed E-state index contributed by atoms with van der Waals surface area (Å²) < 4.78 is 0. The van der Waals surface area contributed by atoms with Crippen molar-refractivity contribution in [2.45, 2.75) is 51.4 Å². The Labute approximate surface area is 143 Å². The molecule has 0 aromatic rings. The summed E-state index contributed by atoms with van der Waals surface area (Å²) in [4.78, 5) is 26.5. The lowest BCUT2D eigenvalue weighted by atomic mass is 9.56. The van der Waals surface area contributed by atoms with E-state index in [1.54, 1.807) is 0 Å². The third-order valence-electron chi connectivity index (χ3n) is 7.09. The minimum absolute atomic E-state index is 0.0229. The normalized spacial score (nSPS) is 37.8. The molecule has 0 aliphatic heterocycles. The predicted molar refractivity (Wildman–Crippen MR) is 93.2 cm³/mol. The van der Waals surface area contributed by atoms with E-state index in [4.69, 9.17) is 0 Å². The number of hydrogen-bond donors (Lipinski definition) is 0. The number of allylic oxidation sites excluding steroid dienone is 8. The highest BCUT2D eigenvalue weighted by Crippen LogP contribution is 2.51. The molecule has 4 unspecified atom stereocenters. The fourth-order valence-electron chi connectivity index (χ4n) is 5.77. The molecule has 0 saturated heterocycles. The SMILES string of the molecule is O=C1C2CC3=C(CC=CC3)CC2C(=O)C2CC3=C(CC=CC3)CC12. The second kappa shape index (κ2) is 5.40. The van der Waals surface area contributed by atoms with Gasteiger partial charge in [-0.05, 0) is 51.4 Å². The van der Waals surface area contributed by atoms with Crippen LogP contribution >= 0.6 is 0 Å². The van der Waals surface area contributed by atoms with Gasteiger partial charge in [-0.15, -0.1) is 0 Å². The van der Waals surface area contributed by atoms with E-state index in [0.717, 1.165) is 51.4 Å². The minimum atomic E-state index is -0.0229. The van der Waals surface area contributed by atoms with E-state index >= 15 is 0 Å². The van der Waals surface area contributed by atoms with Crippen LogP contribution in [-0.2, 0) is 9.59 Å². The lowest BCUT2D eigenvalue weighted by Crippen LogP contribution is -2.50. The van der Waals surface area contributed by atoms with Crippen LogP contribution in [-0.4, -0.2) is 11.6 Å². The summed E-state index contributed by atoms with van der Waals surface area (Å²) in [6.45, 7) is 0. The van der Waals surface area contributed by atoms with Crippen molar-refractivity contribution in [3.63, 3.8) is 0 Å². The van der Waals surface area contributed by atoms with Gasteiger partial charge in [0, 0.05) is 23.7 Å². The third kappa shape index (κ3) is 2.08. The number of hydrogen-bond acceptors (Lipinski definition) is 2. The van der Waals surface area contributed by atoms with Crippen molar-refractivity contribution in [2.24, 2.45) is 23.7 Å². The Morgan fingerprint density at radius 2 is 0.750 bits per heavy atom. The maximum atomic E-state index is 13.3. The van der Waals surface area contributed by atoms with E-state index in [9.17, 15) is 9.59 Å². The van der Waals surface area contributed by atoms with E-state index in [2.05, 4.69) is 24.3 Å². The van der Waals surface area contributed by atoms with Gasteiger partial charge in [-0.1, -0.05) is 46.6 Å². The fraction of sp³-hybridized carbons (Fsp3) is 0.545. The van der Waals surface area contributed by atoms with Crippen molar-refractivity contribution in [1.82, 2.24) is 0 Å². The lowest BCUT2D eigenvalue weighted by molar-refractivity contribution is -0.148. The molecule has 2 nitrogen and oxygen atoms in total. The van der Waals surface area contributed by atoms with Gasteiger partial charge in [0.15, 0.2) is 0 Å². The van der Waals surface area contributed by atoms with Crippen LogP contribution in [0.5, 0.6) is 0 Å². The number of Topliss-reactive ketones (excluding diaryl/α,β-unsaturated/α-hetero) is 2. The highest BCUT2D eigenvalue weighted by molar-refractivity contribution is 6.00. The predicted octanol–water partition coefficient (Wildman–Crippen LogP) is 4.48. The molecule has 0 bridgehead atoms. The van der Waals surface area contributed by atoms with Crippen molar-refractivity contribution < 1.29 is 9.59 Å². The van der Waals surface area contributed by atoms with Crippen molar-refractivity contribution in [2.75, 3.05) is 0 Å². The Morgan fingerprint density at radius 1 is 0.500 bits per heavy atom. The molecule has 24 heavy (non-hydrogen) atoms. The number of fused-ring (bicyclic) bond motifs is 2. The lowest BCUT2D eigenvalue weighted by Gasteiger charge is -2.45. The topological polar surface area (TPSA) is 34.1 Å². The summed E-state index contributed by atoms with van der Waals surface area (Å²) >= 11 is 0. The van der Waals surface area contributed by atoms with Crippen molar-refractivity contribution in [1.29, 1.82) is 0 Å². The zero-order valence-electron chi connectivity index (χ0n) is 14.1. The van der Waals surface area contributed by atoms with Gasteiger partial charge in [0.1, 0.15) is 11.6 Å². The quantitative estimate of drug-likeness (QED) is 0.617. The maximum Gasteiger partial charge on any atom is 0.141 e. The molecule has 4 atom stereocenters. The molecule has 0 aromatic carbocycles. The molecule has 0 heterocycles. The average molecular weight is 320 g/mol. The fourth-order valence-corrected chi connectivity index (χ4v) is 5.77. The first-order valence-corrected chi connectivity index (χ1v) is 9.49. The summed E-state index contributed by atoms with van der Waals surface area (Å²) in [5.74, 6) is 0.727. The third-order valence-corrected chi connectivity index (χ3v) is 7.09. The molecule has 0 radical (unpaired) electrons. The van der Waals surface area contributed by atoms with Crippen LogP contribution in [0, 0.1) is 23.7 Å². The maximum absolute atomic E-state index is 13.3. The minimum Gasteiger partial charge on any atom is -0.299 e. The van der Waals surface area contributed by atoms with Gasteiger partial charge in [-0.2, -0.15) is 0 Å². The Hall–Kier alpha value is -1.70. The van der Waals surface area contributed by atoms with Crippen LogP contribution in [0.15, 0.2) is 46.6 Å². The Morgan fingerprint density at radius 3 is 1.00 bits per heavy atom. The summed E-state index contributed by atoms with van der Waals surface area (Å²) in [7, 11) is 0. The van der Waals surface area contributed by atoms with Gasteiger partial charge >= 0.3 is 0 Å². The monoisotopic (exact) mass is 320 g/mol.